The van der Waals surface area contributed by atoms with Gasteiger partial charge in [0.2, 0.25) is 0 Å². The van der Waals surface area contributed by atoms with Gasteiger partial charge in [0.1, 0.15) is 12.6 Å². The van der Waals surface area contributed by atoms with E-state index in [1.165, 1.54) is 0 Å². The molecule has 16 heavy (non-hydrogen) atoms. The molecule has 0 spiro atoms. The molecule has 1 atom stereocenters. The molecule has 3 nitrogen and oxygen atoms in total. The van der Waals surface area contributed by atoms with E-state index in [2.05, 4.69) is 5.32 Å². The average molecular weight is 218 g/mol. The summed E-state index contributed by atoms with van der Waals surface area (Å²) in [5, 5.41) is 4.27. The Kier molecular flexibility index (Phi) is 3.94. The lowest BCUT2D eigenvalue weighted by Gasteiger charge is -2.19. The molecule has 0 aliphatic carbocycles. The van der Waals surface area contributed by atoms with E-state index in [4.69, 9.17) is 4.74 Å². The molecule has 1 unspecified atom stereocenters. The molecule has 1 saturated heterocycles. The molecule has 85 valence electrons. The minimum absolute atomic E-state index is 0.177. The Morgan fingerprint density at radius 2 is 2.12 bits per heavy atom. The van der Waals surface area contributed by atoms with Gasteiger partial charge in [0, 0.05) is 6.54 Å². The number of rotatable bonds is 3. The lowest BCUT2D eigenvalue weighted by atomic mass is 10.1. The van der Waals surface area contributed by atoms with Gasteiger partial charge in [-0.05, 0) is 24.8 Å². The minimum Gasteiger partial charge on any atom is -0.460 e. The van der Waals surface area contributed by atoms with Gasteiger partial charge in [-0.2, -0.15) is 0 Å². The zero-order valence-electron chi connectivity index (χ0n) is 9.26. The van der Waals surface area contributed by atoms with Crippen LogP contribution in [0, 0.1) is 0 Å². The number of ether oxygens (including phenoxy) is 1. The Morgan fingerprint density at radius 3 is 2.81 bits per heavy atom. The van der Waals surface area contributed by atoms with Gasteiger partial charge in [0.15, 0.2) is 0 Å². The second-order valence-electron chi connectivity index (χ2n) is 4.01. The van der Waals surface area contributed by atoms with E-state index in [9.17, 15) is 4.79 Å². The molecule has 1 heterocycles. The Morgan fingerprint density at radius 1 is 1.31 bits per heavy atom. The number of hydrogen-bond donors (Lipinski definition) is 0. The number of nitrogens with zero attached hydrogens (tertiary/aromatic N) is 1. The quantitative estimate of drug-likeness (QED) is 0.727. The Bertz CT molecular complexity index is 331. The molecule has 1 radical (unpaired) electrons. The summed E-state index contributed by atoms with van der Waals surface area (Å²) in [7, 11) is 0. The zero-order chi connectivity index (χ0) is 11.2. The van der Waals surface area contributed by atoms with Gasteiger partial charge in [0.25, 0.3) is 0 Å². The van der Waals surface area contributed by atoms with Crippen molar-refractivity contribution in [1.29, 1.82) is 0 Å². The first-order valence-electron chi connectivity index (χ1n) is 5.73. The van der Waals surface area contributed by atoms with Crippen molar-refractivity contribution in [3.63, 3.8) is 0 Å². The highest BCUT2D eigenvalue weighted by Gasteiger charge is 2.22. The van der Waals surface area contributed by atoms with Gasteiger partial charge >= 0.3 is 5.97 Å². The van der Waals surface area contributed by atoms with Crippen LogP contribution in [0.15, 0.2) is 30.3 Å². The molecule has 1 aliphatic heterocycles. The molecule has 1 fully saturated rings. The van der Waals surface area contributed by atoms with Gasteiger partial charge in [-0.15, -0.1) is 0 Å². The van der Waals surface area contributed by atoms with Gasteiger partial charge in [-0.25, -0.2) is 5.32 Å². The first-order chi connectivity index (χ1) is 7.86. The maximum absolute atomic E-state index is 11.7. The number of carbonyl (C=O) groups is 1. The SMILES string of the molecule is O=C(OCc1ccccc1)C1CCCC[N]1. The molecule has 3 heteroatoms. The topological polar surface area (TPSA) is 40.4 Å². The highest BCUT2D eigenvalue weighted by molar-refractivity contribution is 5.75. The monoisotopic (exact) mass is 218 g/mol. The molecule has 1 aromatic rings. The molecule has 0 amide bonds. The maximum atomic E-state index is 11.7. The van der Waals surface area contributed by atoms with Crippen molar-refractivity contribution >= 4 is 5.97 Å². The molecule has 0 saturated carbocycles. The Labute approximate surface area is 95.8 Å². The van der Waals surface area contributed by atoms with Crippen molar-refractivity contribution in [2.45, 2.75) is 31.9 Å². The first-order valence-corrected chi connectivity index (χ1v) is 5.73. The van der Waals surface area contributed by atoms with Crippen molar-refractivity contribution in [3.05, 3.63) is 35.9 Å². The van der Waals surface area contributed by atoms with Crippen LogP contribution in [0.4, 0.5) is 0 Å². The first kappa shape index (κ1) is 11.1. The maximum Gasteiger partial charge on any atom is 0.325 e. The third kappa shape index (κ3) is 3.07. The highest BCUT2D eigenvalue weighted by atomic mass is 16.5. The fourth-order valence-corrected chi connectivity index (χ4v) is 1.81. The van der Waals surface area contributed by atoms with Crippen molar-refractivity contribution in [3.8, 4) is 0 Å². The molecule has 1 aromatic carbocycles. The summed E-state index contributed by atoms with van der Waals surface area (Å²) in [5.41, 5.74) is 1.02. The third-order valence-corrected chi connectivity index (χ3v) is 2.73. The van der Waals surface area contributed by atoms with E-state index in [-0.39, 0.29) is 12.0 Å². The summed E-state index contributed by atoms with van der Waals surface area (Å²) >= 11 is 0. The number of benzene rings is 1. The molecule has 0 aromatic heterocycles. The second kappa shape index (κ2) is 5.66. The highest BCUT2D eigenvalue weighted by Crippen LogP contribution is 2.11. The fraction of sp³-hybridized carbons (Fsp3) is 0.462. The van der Waals surface area contributed by atoms with Crippen molar-refractivity contribution in [1.82, 2.24) is 5.32 Å². The van der Waals surface area contributed by atoms with Crippen LogP contribution in [0.3, 0.4) is 0 Å². The molecular weight excluding hydrogens is 202 g/mol. The smallest absolute Gasteiger partial charge is 0.325 e. The minimum atomic E-state index is -0.225. The summed E-state index contributed by atoms with van der Waals surface area (Å²) in [6.45, 7) is 1.15. The molecular formula is C13H16NO2. The van der Waals surface area contributed by atoms with E-state index in [0.29, 0.717) is 6.61 Å². The van der Waals surface area contributed by atoms with Crippen LogP contribution in [0.2, 0.25) is 0 Å². The van der Waals surface area contributed by atoms with E-state index in [1.807, 2.05) is 30.3 Å². The predicted molar refractivity (Wildman–Crippen MR) is 60.9 cm³/mol. The van der Waals surface area contributed by atoms with Crippen molar-refractivity contribution in [2.75, 3.05) is 6.54 Å². The van der Waals surface area contributed by atoms with Crippen LogP contribution >= 0.6 is 0 Å². The van der Waals surface area contributed by atoms with Crippen LogP contribution < -0.4 is 5.32 Å². The summed E-state index contributed by atoms with van der Waals surface area (Å²) in [6.07, 6.45) is 3.02. The van der Waals surface area contributed by atoms with Crippen LogP contribution in [0.25, 0.3) is 0 Å². The molecule has 0 N–H and O–H groups in total. The summed E-state index contributed by atoms with van der Waals surface area (Å²) in [4.78, 5) is 11.7. The summed E-state index contributed by atoms with van der Waals surface area (Å²) < 4.78 is 5.23. The number of carbonyl (C=O) groups excluding carboxylic acids is 1. The van der Waals surface area contributed by atoms with Gasteiger partial charge in [-0.1, -0.05) is 30.3 Å². The molecule has 0 bridgehead atoms. The average Bonchev–Trinajstić information content (AvgIpc) is 2.38. The van der Waals surface area contributed by atoms with Crippen molar-refractivity contribution < 1.29 is 9.53 Å². The Hall–Kier alpha value is -1.35. The molecule has 1 aliphatic rings. The second-order valence-corrected chi connectivity index (χ2v) is 4.01. The van der Waals surface area contributed by atoms with E-state index in [0.717, 1.165) is 31.4 Å². The van der Waals surface area contributed by atoms with Gasteiger partial charge in [0.05, 0.1) is 0 Å². The normalized spacial score (nSPS) is 20.4. The van der Waals surface area contributed by atoms with Crippen molar-refractivity contribution in [2.24, 2.45) is 0 Å². The van der Waals surface area contributed by atoms with E-state index >= 15 is 0 Å². The van der Waals surface area contributed by atoms with Gasteiger partial charge in [-0.3, -0.25) is 4.79 Å². The van der Waals surface area contributed by atoms with Crippen LogP contribution in [-0.4, -0.2) is 18.6 Å². The van der Waals surface area contributed by atoms with Crippen LogP contribution in [-0.2, 0) is 16.1 Å². The summed E-state index contributed by atoms with van der Waals surface area (Å²) in [5.74, 6) is -0.177. The summed E-state index contributed by atoms with van der Waals surface area (Å²) in [6, 6.07) is 9.50. The Balaban J connectivity index is 1.79. The standard InChI is InChI=1S/C13H16NO2/c15-13(12-8-4-5-9-14-12)16-10-11-6-2-1-3-7-11/h1-3,6-7,12H,4-5,8-10H2. The number of hydrogen-bond acceptors (Lipinski definition) is 2. The predicted octanol–water partition coefficient (Wildman–Crippen LogP) is 1.89. The number of piperidine rings is 1. The zero-order valence-corrected chi connectivity index (χ0v) is 9.26. The lowest BCUT2D eigenvalue weighted by Crippen LogP contribution is -2.36. The van der Waals surface area contributed by atoms with Gasteiger partial charge < -0.3 is 4.74 Å². The van der Waals surface area contributed by atoms with E-state index in [1.54, 1.807) is 0 Å². The molecule has 2 rings (SSSR count). The fourth-order valence-electron chi connectivity index (χ4n) is 1.81. The van der Waals surface area contributed by atoms with Crippen LogP contribution in [0.1, 0.15) is 24.8 Å². The largest absolute Gasteiger partial charge is 0.460 e. The van der Waals surface area contributed by atoms with E-state index < -0.39 is 0 Å². The third-order valence-electron chi connectivity index (χ3n) is 2.73. The number of esters is 1. The van der Waals surface area contributed by atoms with Crippen LogP contribution in [0.5, 0.6) is 0 Å². The lowest BCUT2D eigenvalue weighted by molar-refractivity contribution is -0.148.